The lowest BCUT2D eigenvalue weighted by molar-refractivity contribution is -0.384. The number of thioether (sulfide) groups is 1. The van der Waals surface area contributed by atoms with Crippen molar-refractivity contribution < 1.29 is 9.72 Å². The molecule has 0 aliphatic carbocycles. The maximum atomic E-state index is 12.2. The van der Waals surface area contributed by atoms with Gasteiger partial charge < -0.3 is 9.80 Å². The maximum Gasteiger partial charge on any atom is 0.286 e. The van der Waals surface area contributed by atoms with Gasteiger partial charge >= 0.3 is 0 Å². The van der Waals surface area contributed by atoms with Gasteiger partial charge in [0.1, 0.15) is 0 Å². The number of piperazine rings is 1. The van der Waals surface area contributed by atoms with Crippen LogP contribution in [0.1, 0.15) is 5.56 Å². The predicted molar refractivity (Wildman–Crippen MR) is 111 cm³/mol. The molecule has 0 spiro atoms. The summed E-state index contributed by atoms with van der Waals surface area (Å²) in [5.74, 6) is -0.193. The molecule has 0 N–H and O–H groups in total. The molecule has 142 valence electrons. The highest BCUT2D eigenvalue weighted by molar-refractivity contribution is 8.18. The average Bonchev–Trinajstić information content (AvgIpc) is 3.09. The molecule has 0 bridgehead atoms. The highest BCUT2D eigenvalue weighted by Gasteiger charge is 2.28. The average molecular weight is 394 g/mol. The van der Waals surface area contributed by atoms with Gasteiger partial charge in [0, 0.05) is 44.0 Å². The summed E-state index contributed by atoms with van der Waals surface area (Å²) in [5, 5.41) is 11.5. The number of amides is 1. The lowest BCUT2D eigenvalue weighted by Gasteiger charge is -2.36. The second kappa shape index (κ2) is 7.85. The van der Waals surface area contributed by atoms with Gasteiger partial charge in [-0.15, -0.1) is 0 Å². The van der Waals surface area contributed by atoms with Crippen molar-refractivity contribution in [2.75, 3.05) is 31.1 Å². The number of carbonyl (C=O) groups excluding carboxylic acids is 1. The Bertz CT molecular complexity index is 949. The third-order valence-corrected chi connectivity index (χ3v) is 5.73. The minimum absolute atomic E-state index is 0.0929. The molecule has 1 amide bonds. The van der Waals surface area contributed by atoms with E-state index in [1.54, 1.807) is 12.1 Å². The number of amidine groups is 1. The summed E-state index contributed by atoms with van der Waals surface area (Å²) in [6, 6.07) is 16.3. The Hall–Kier alpha value is -3.13. The van der Waals surface area contributed by atoms with Gasteiger partial charge in [-0.05, 0) is 35.5 Å². The molecule has 7 nitrogen and oxygen atoms in total. The van der Waals surface area contributed by atoms with Gasteiger partial charge in [0.15, 0.2) is 5.17 Å². The Labute approximate surface area is 166 Å². The number of nitro benzene ring substituents is 1. The van der Waals surface area contributed by atoms with Gasteiger partial charge in [0.25, 0.3) is 11.6 Å². The van der Waals surface area contributed by atoms with Crippen molar-refractivity contribution in [2.45, 2.75) is 0 Å². The number of nitrogens with zero attached hydrogens (tertiary/aromatic N) is 4. The Morgan fingerprint density at radius 1 is 0.964 bits per heavy atom. The summed E-state index contributed by atoms with van der Waals surface area (Å²) >= 11 is 1.42. The van der Waals surface area contributed by atoms with Crippen LogP contribution in [0, 0.1) is 10.1 Å². The van der Waals surface area contributed by atoms with Crippen LogP contribution in [0.25, 0.3) is 6.08 Å². The van der Waals surface area contributed by atoms with E-state index >= 15 is 0 Å². The summed E-state index contributed by atoms with van der Waals surface area (Å²) in [5.41, 5.74) is 2.04. The van der Waals surface area contributed by atoms with Crippen LogP contribution in [0.4, 0.5) is 11.4 Å². The quantitative estimate of drug-likeness (QED) is 0.451. The molecule has 2 aromatic rings. The molecule has 0 atom stereocenters. The van der Waals surface area contributed by atoms with E-state index in [1.807, 2.05) is 36.4 Å². The normalized spacial score (nSPS) is 18.5. The van der Waals surface area contributed by atoms with Crippen LogP contribution >= 0.6 is 11.8 Å². The Kier molecular flexibility index (Phi) is 5.12. The SMILES string of the molecule is O=C1N=C(N2CCN(c3ccc([N+](=O)[O-])cc3)CC2)S/C1=C/c1ccccc1. The lowest BCUT2D eigenvalue weighted by Crippen LogP contribution is -2.47. The van der Waals surface area contributed by atoms with Gasteiger partial charge in [0.05, 0.1) is 9.83 Å². The van der Waals surface area contributed by atoms with Crippen molar-refractivity contribution in [3.63, 3.8) is 0 Å². The molecule has 8 heteroatoms. The van der Waals surface area contributed by atoms with Gasteiger partial charge in [-0.1, -0.05) is 30.3 Å². The van der Waals surface area contributed by atoms with Crippen LogP contribution in [0.15, 0.2) is 64.5 Å². The topological polar surface area (TPSA) is 79.0 Å². The lowest BCUT2D eigenvalue weighted by atomic mass is 10.2. The second-order valence-corrected chi connectivity index (χ2v) is 7.48. The summed E-state index contributed by atoms with van der Waals surface area (Å²) in [4.78, 5) is 31.8. The number of nitro groups is 1. The third kappa shape index (κ3) is 3.91. The van der Waals surface area contributed by atoms with E-state index in [-0.39, 0.29) is 11.6 Å². The maximum absolute atomic E-state index is 12.2. The van der Waals surface area contributed by atoms with E-state index < -0.39 is 4.92 Å². The van der Waals surface area contributed by atoms with E-state index in [0.29, 0.717) is 4.91 Å². The van der Waals surface area contributed by atoms with Crippen molar-refractivity contribution in [1.29, 1.82) is 0 Å². The number of carbonyl (C=O) groups is 1. The first-order valence-corrected chi connectivity index (χ1v) is 9.74. The minimum atomic E-state index is -0.394. The predicted octanol–water partition coefficient (Wildman–Crippen LogP) is 3.39. The summed E-state index contributed by atoms with van der Waals surface area (Å²) in [6.45, 7) is 3.02. The number of hydrogen-bond donors (Lipinski definition) is 0. The van der Waals surface area contributed by atoms with Crippen LogP contribution in [0.5, 0.6) is 0 Å². The number of hydrogen-bond acceptors (Lipinski definition) is 6. The van der Waals surface area contributed by atoms with Gasteiger partial charge in [-0.2, -0.15) is 4.99 Å². The fourth-order valence-corrected chi connectivity index (χ4v) is 4.14. The zero-order valence-electron chi connectivity index (χ0n) is 15.0. The molecule has 2 heterocycles. The highest BCUT2D eigenvalue weighted by atomic mass is 32.2. The molecular weight excluding hydrogens is 376 g/mol. The first-order chi connectivity index (χ1) is 13.6. The molecule has 2 aromatic carbocycles. The molecule has 0 radical (unpaired) electrons. The van der Waals surface area contributed by atoms with Crippen molar-refractivity contribution in [3.05, 3.63) is 75.2 Å². The van der Waals surface area contributed by atoms with Gasteiger partial charge in [-0.3, -0.25) is 14.9 Å². The monoisotopic (exact) mass is 394 g/mol. The van der Waals surface area contributed by atoms with E-state index in [0.717, 1.165) is 42.6 Å². The Morgan fingerprint density at radius 3 is 2.25 bits per heavy atom. The molecule has 0 saturated carbocycles. The number of benzene rings is 2. The van der Waals surface area contributed by atoms with Crippen LogP contribution in [0.2, 0.25) is 0 Å². The fraction of sp³-hybridized carbons (Fsp3) is 0.200. The first kappa shape index (κ1) is 18.2. The molecule has 1 saturated heterocycles. The van der Waals surface area contributed by atoms with E-state index in [1.165, 1.54) is 23.9 Å². The first-order valence-electron chi connectivity index (χ1n) is 8.92. The molecular formula is C20H18N4O3S. The zero-order chi connectivity index (χ0) is 19.5. The Morgan fingerprint density at radius 2 is 1.61 bits per heavy atom. The summed E-state index contributed by atoms with van der Waals surface area (Å²) in [7, 11) is 0. The number of anilines is 1. The highest BCUT2D eigenvalue weighted by Crippen LogP contribution is 2.31. The summed E-state index contributed by atoms with van der Waals surface area (Å²) in [6.07, 6.45) is 1.87. The van der Waals surface area contributed by atoms with Gasteiger partial charge in [0.2, 0.25) is 0 Å². The van der Waals surface area contributed by atoms with Crippen LogP contribution in [0.3, 0.4) is 0 Å². The van der Waals surface area contributed by atoms with Crippen LogP contribution in [-0.2, 0) is 4.79 Å². The third-order valence-electron chi connectivity index (χ3n) is 4.68. The smallest absolute Gasteiger partial charge is 0.286 e. The number of rotatable bonds is 3. The van der Waals surface area contributed by atoms with E-state index in [4.69, 9.17) is 0 Å². The van der Waals surface area contributed by atoms with Gasteiger partial charge in [-0.25, -0.2) is 0 Å². The zero-order valence-corrected chi connectivity index (χ0v) is 15.8. The number of aliphatic imine (C=N–C) groups is 1. The molecule has 2 aliphatic rings. The van der Waals surface area contributed by atoms with Crippen LogP contribution in [-0.4, -0.2) is 47.1 Å². The van der Waals surface area contributed by atoms with Crippen molar-refractivity contribution in [3.8, 4) is 0 Å². The van der Waals surface area contributed by atoms with E-state index in [2.05, 4.69) is 14.8 Å². The second-order valence-electron chi connectivity index (χ2n) is 6.47. The minimum Gasteiger partial charge on any atom is -0.368 e. The van der Waals surface area contributed by atoms with Crippen molar-refractivity contribution >= 4 is 40.3 Å². The van der Waals surface area contributed by atoms with E-state index in [9.17, 15) is 14.9 Å². The molecule has 1 fully saturated rings. The molecule has 2 aliphatic heterocycles. The largest absolute Gasteiger partial charge is 0.368 e. The fourth-order valence-electron chi connectivity index (χ4n) is 3.17. The van der Waals surface area contributed by atoms with Crippen LogP contribution < -0.4 is 4.90 Å². The molecule has 4 rings (SSSR count). The number of non-ortho nitro benzene ring substituents is 1. The summed E-state index contributed by atoms with van der Waals surface area (Å²) < 4.78 is 0. The molecule has 0 aromatic heterocycles. The molecule has 0 unspecified atom stereocenters. The van der Waals surface area contributed by atoms with Crippen molar-refractivity contribution in [1.82, 2.24) is 4.90 Å². The Balaban J connectivity index is 1.38. The standard InChI is InChI=1S/C20H18N4O3S/c25-19-18(14-15-4-2-1-3-5-15)28-20(21-19)23-12-10-22(11-13-23)16-6-8-17(9-7-16)24(26)27/h1-9,14H,10-13H2/b18-14+. The molecule has 28 heavy (non-hydrogen) atoms. The van der Waals surface area contributed by atoms with Crippen molar-refractivity contribution in [2.24, 2.45) is 4.99 Å².